The van der Waals surface area contributed by atoms with Crippen LogP contribution in [0.15, 0.2) is 48.5 Å². The van der Waals surface area contributed by atoms with Gasteiger partial charge in [0.05, 0.1) is 0 Å². The maximum atomic E-state index is 12.6. The Kier molecular flexibility index (Phi) is 7.68. The molecule has 0 spiro atoms. The van der Waals surface area contributed by atoms with E-state index in [1.807, 2.05) is 55.5 Å². The molecule has 1 aliphatic heterocycles. The minimum absolute atomic E-state index is 0. The van der Waals surface area contributed by atoms with Crippen LogP contribution in [0, 0.1) is 6.92 Å². The van der Waals surface area contributed by atoms with Gasteiger partial charge in [-0.1, -0.05) is 59.6 Å². The van der Waals surface area contributed by atoms with Gasteiger partial charge in [0, 0.05) is 30.2 Å². The van der Waals surface area contributed by atoms with Crippen molar-refractivity contribution in [3.63, 3.8) is 0 Å². The number of aryl methyl sites for hydroxylation is 1. The number of halogens is 2. The standard InChI is InChI=1S/C21H25ClN2O2.ClH/c1-15-6-8-16(9-7-15)19(23)20(25)24-14-21(10-12-26-13-11-21)17-4-2-3-5-18(17)22;/h2-9,19H,10-14,23H2,1H3,(H,24,25);1H. The van der Waals surface area contributed by atoms with E-state index >= 15 is 0 Å². The molecule has 3 rings (SSSR count). The molecule has 3 N–H and O–H groups in total. The van der Waals surface area contributed by atoms with E-state index in [9.17, 15) is 4.79 Å². The van der Waals surface area contributed by atoms with Crippen LogP contribution in [0.5, 0.6) is 0 Å². The van der Waals surface area contributed by atoms with Gasteiger partial charge in [0.2, 0.25) is 5.91 Å². The molecule has 1 amide bonds. The minimum atomic E-state index is -0.682. The first-order valence-electron chi connectivity index (χ1n) is 8.94. The molecular weight excluding hydrogens is 383 g/mol. The molecule has 0 saturated carbocycles. The number of rotatable bonds is 5. The van der Waals surface area contributed by atoms with Crippen LogP contribution in [0.25, 0.3) is 0 Å². The molecule has 0 radical (unpaired) electrons. The van der Waals surface area contributed by atoms with E-state index in [1.54, 1.807) is 0 Å². The zero-order valence-corrected chi connectivity index (χ0v) is 17.0. The molecule has 1 saturated heterocycles. The van der Waals surface area contributed by atoms with Gasteiger partial charge in [0.15, 0.2) is 0 Å². The van der Waals surface area contributed by atoms with Gasteiger partial charge in [-0.3, -0.25) is 4.79 Å². The summed E-state index contributed by atoms with van der Waals surface area (Å²) in [6, 6.07) is 14.9. The molecule has 27 heavy (non-hydrogen) atoms. The lowest BCUT2D eigenvalue weighted by Crippen LogP contribution is -2.46. The zero-order valence-electron chi connectivity index (χ0n) is 15.4. The van der Waals surface area contributed by atoms with Crippen LogP contribution < -0.4 is 11.1 Å². The fourth-order valence-corrected chi connectivity index (χ4v) is 3.82. The molecule has 6 heteroatoms. The van der Waals surface area contributed by atoms with Crippen LogP contribution >= 0.6 is 24.0 Å². The van der Waals surface area contributed by atoms with Gasteiger partial charge in [-0.25, -0.2) is 0 Å². The van der Waals surface area contributed by atoms with Crippen LogP contribution in [-0.4, -0.2) is 25.7 Å². The van der Waals surface area contributed by atoms with Gasteiger partial charge in [-0.2, -0.15) is 0 Å². The van der Waals surface area contributed by atoms with E-state index in [4.69, 9.17) is 22.1 Å². The molecule has 0 aromatic heterocycles. The van der Waals surface area contributed by atoms with Crippen molar-refractivity contribution in [3.05, 3.63) is 70.2 Å². The Balaban J connectivity index is 0.00000261. The number of amides is 1. The molecule has 1 atom stereocenters. The van der Waals surface area contributed by atoms with E-state index < -0.39 is 6.04 Å². The highest BCUT2D eigenvalue weighted by Gasteiger charge is 2.36. The number of benzene rings is 2. The van der Waals surface area contributed by atoms with Crippen molar-refractivity contribution < 1.29 is 9.53 Å². The maximum absolute atomic E-state index is 12.6. The first-order chi connectivity index (χ1) is 12.5. The monoisotopic (exact) mass is 408 g/mol. The first kappa shape index (κ1) is 21.7. The summed E-state index contributed by atoms with van der Waals surface area (Å²) in [7, 11) is 0. The molecule has 1 heterocycles. The zero-order chi connectivity index (χ0) is 18.6. The number of hydrogen-bond donors (Lipinski definition) is 2. The van der Waals surface area contributed by atoms with E-state index in [2.05, 4.69) is 5.32 Å². The average Bonchev–Trinajstić information content (AvgIpc) is 2.67. The number of carbonyl (C=O) groups excluding carboxylic acids is 1. The van der Waals surface area contributed by atoms with Crippen molar-refractivity contribution in [1.29, 1.82) is 0 Å². The Hall–Kier alpha value is -1.59. The SMILES string of the molecule is Cc1ccc(C(N)C(=O)NCC2(c3ccccc3Cl)CCOCC2)cc1.Cl. The second kappa shape index (κ2) is 9.56. The highest BCUT2D eigenvalue weighted by Crippen LogP contribution is 2.38. The average molecular weight is 409 g/mol. The van der Waals surface area contributed by atoms with Crippen LogP contribution in [0.2, 0.25) is 5.02 Å². The molecule has 1 fully saturated rings. The van der Waals surface area contributed by atoms with Gasteiger partial charge < -0.3 is 15.8 Å². The molecule has 2 aromatic carbocycles. The van der Waals surface area contributed by atoms with Crippen molar-refractivity contribution in [3.8, 4) is 0 Å². The van der Waals surface area contributed by atoms with Gasteiger partial charge >= 0.3 is 0 Å². The third kappa shape index (κ3) is 5.02. The molecule has 1 unspecified atom stereocenters. The highest BCUT2D eigenvalue weighted by atomic mass is 35.5. The van der Waals surface area contributed by atoms with Gasteiger partial charge in [-0.05, 0) is 37.0 Å². The summed E-state index contributed by atoms with van der Waals surface area (Å²) in [6.07, 6.45) is 1.63. The van der Waals surface area contributed by atoms with Crippen LogP contribution in [0.1, 0.15) is 35.6 Å². The number of ether oxygens (including phenoxy) is 1. The Morgan fingerprint density at radius 3 is 2.44 bits per heavy atom. The summed E-state index contributed by atoms with van der Waals surface area (Å²) >= 11 is 6.46. The van der Waals surface area contributed by atoms with Crippen molar-refractivity contribution in [2.45, 2.75) is 31.2 Å². The predicted molar refractivity (Wildman–Crippen MR) is 112 cm³/mol. The largest absolute Gasteiger partial charge is 0.381 e. The molecule has 0 aliphatic carbocycles. The minimum Gasteiger partial charge on any atom is -0.381 e. The van der Waals surface area contributed by atoms with E-state index in [0.717, 1.165) is 34.6 Å². The van der Waals surface area contributed by atoms with Gasteiger partial charge in [0.1, 0.15) is 6.04 Å². The Labute approximate surface area is 171 Å². The Bertz CT molecular complexity index is 759. The molecule has 2 aromatic rings. The second-order valence-electron chi connectivity index (χ2n) is 6.98. The summed E-state index contributed by atoms with van der Waals surface area (Å²) in [4.78, 5) is 12.6. The molecular formula is C21H26Cl2N2O2. The van der Waals surface area contributed by atoms with Crippen LogP contribution in [0.4, 0.5) is 0 Å². The molecule has 146 valence electrons. The quantitative estimate of drug-likeness (QED) is 0.787. The van der Waals surface area contributed by atoms with Crippen molar-refractivity contribution in [2.75, 3.05) is 19.8 Å². The summed E-state index contributed by atoms with van der Waals surface area (Å²) < 4.78 is 5.54. The maximum Gasteiger partial charge on any atom is 0.241 e. The Morgan fingerprint density at radius 1 is 1.19 bits per heavy atom. The fourth-order valence-electron chi connectivity index (χ4n) is 3.49. The first-order valence-corrected chi connectivity index (χ1v) is 9.32. The third-order valence-electron chi connectivity index (χ3n) is 5.22. The lowest BCUT2D eigenvalue weighted by atomic mass is 9.74. The third-order valence-corrected chi connectivity index (χ3v) is 5.54. The summed E-state index contributed by atoms with van der Waals surface area (Å²) in [5.74, 6) is -0.174. The lowest BCUT2D eigenvalue weighted by molar-refractivity contribution is -0.123. The van der Waals surface area contributed by atoms with Crippen molar-refractivity contribution >= 4 is 29.9 Å². The predicted octanol–water partition coefficient (Wildman–Crippen LogP) is 3.93. The summed E-state index contributed by atoms with van der Waals surface area (Å²) in [6.45, 7) is 3.82. The van der Waals surface area contributed by atoms with Crippen LogP contribution in [-0.2, 0) is 14.9 Å². The number of nitrogens with one attached hydrogen (secondary N) is 1. The van der Waals surface area contributed by atoms with Gasteiger partial charge in [-0.15, -0.1) is 12.4 Å². The lowest BCUT2D eigenvalue weighted by Gasteiger charge is -2.38. The highest BCUT2D eigenvalue weighted by molar-refractivity contribution is 6.31. The molecule has 0 bridgehead atoms. The number of hydrogen-bond acceptors (Lipinski definition) is 3. The van der Waals surface area contributed by atoms with Crippen LogP contribution in [0.3, 0.4) is 0 Å². The summed E-state index contributed by atoms with van der Waals surface area (Å²) in [5, 5.41) is 3.78. The van der Waals surface area contributed by atoms with E-state index in [-0.39, 0.29) is 23.7 Å². The van der Waals surface area contributed by atoms with E-state index in [1.165, 1.54) is 0 Å². The second-order valence-corrected chi connectivity index (χ2v) is 7.39. The normalized spacial score (nSPS) is 16.9. The van der Waals surface area contributed by atoms with Crippen molar-refractivity contribution in [2.24, 2.45) is 5.73 Å². The summed E-state index contributed by atoms with van der Waals surface area (Å²) in [5.41, 5.74) is 8.95. The number of carbonyl (C=O) groups is 1. The van der Waals surface area contributed by atoms with Crippen molar-refractivity contribution in [1.82, 2.24) is 5.32 Å². The fraction of sp³-hybridized carbons (Fsp3) is 0.381. The number of nitrogens with two attached hydrogens (primary N) is 1. The smallest absolute Gasteiger partial charge is 0.241 e. The molecule has 1 aliphatic rings. The Morgan fingerprint density at radius 2 is 1.81 bits per heavy atom. The van der Waals surface area contributed by atoms with Gasteiger partial charge in [0.25, 0.3) is 0 Å². The topological polar surface area (TPSA) is 64.4 Å². The molecule has 4 nitrogen and oxygen atoms in total. The van der Waals surface area contributed by atoms with E-state index in [0.29, 0.717) is 19.8 Å².